The molecule has 1 aromatic heterocycles. The van der Waals surface area contributed by atoms with Crippen molar-refractivity contribution in [2.75, 3.05) is 0 Å². The highest BCUT2D eigenvalue weighted by atomic mass is 16.5. The fourth-order valence-corrected chi connectivity index (χ4v) is 4.84. The molecule has 3 rings (SSSR count). The monoisotopic (exact) mass is 520 g/mol. The summed E-state index contributed by atoms with van der Waals surface area (Å²) in [5.74, 6) is 0.288. The van der Waals surface area contributed by atoms with E-state index in [1.54, 1.807) is 30.3 Å². The van der Waals surface area contributed by atoms with Crippen LogP contribution in [0.5, 0.6) is 11.5 Å². The topological polar surface area (TPSA) is 76.7 Å². The first-order valence-electron chi connectivity index (χ1n) is 14.6. The van der Waals surface area contributed by atoms with E-state index in [9.17, 15) is 14.7 Å². The first kappa shape index (κ1) is 29.5. The second-order valence-corrected chi connectivity index (χ2v) is 10.4. The predicted molar refractivity (Wildman–Crippen MR) is 155 cm³/mol. The highest BCUT2D eigenvalue weighted by molar-refractivity contribution is 5.82. The Balaban J connectivity index is 1.26. The maximum Gasteiger partial charge on any atom is 0.311 e. The van der Waals surface area contributed by atoms with Crippen molar-refractivity contribution in [1.29, 1.82) is 0 Å². The molecule has 38 heavy (non-hydrogen) atoms. The van der Waals surface area contributed by atoms with E-state index in [1.165, 1.54) is 102 Å². The van der Waals surface area contributed by atoms with Gasteiger partial charge in [-0.25, -0.2) is 0 Å². The second-order valence-electron chi connectivity index (χ2n) is 10.4. The minimum atomic E-state index is -0.225. The summed E-state index contributed by atoms with van der Waals surface area (Å²) in [6, 6.07) is 11.3. The fourth-order valence-electron chi connectivity index (χ4n) is 4.84. The van der Waals surface area contributed by atoms with Crippen LogP contribution < -0.4 is 10.2 Å². The summed E-state index contributed by atoms with van der Waals surface area (Å²) in [6.07, 6.45) is 21.2. The fraction of sp³-hybridized carbons (Fsp3) is 0.515. The number of ether oxygens (including phenoxy) is 1. The number of benzene rings is 2. The van der Waals surface area contributed by atoms with Gasteiger partial charge in [-0.15, -0.1) is 0 Å². The highest BCUT2D eigenvalue weighted by Gasteiger charge is 2.11. The summed E-state index contributed by atoms with van der Waals surface area (Å²) in [5, 5.41) is 9.97. The zero-order chi connectivity index (χ0) is 27.0. The van der Waals surface area contributed by atoms with Gasteiger partial charge in [0.05, 0.1) is 10.9 Å². The first-order chi connectivity index (χ1) is 18.6. The molecule has 0 radical (unpaired) electrons. The maximum absolute atomic E-state index is 12.8. The van der Waals surface area contributed by atoms with Crippen LogP contribution in [-0.2, 0) is 4.79 Å². The smallest absolute Gasteiger partial charge is 0.311 e. The van der Waals surface area contributed by atoms with Gasteiger partial charge in [-0.3, -0.25) is 9.59 Å². The lowest BCUT2D eigenvalue weighted by atomic mass is 10.0. The molecule has 0 aliphatic rings. The molecule has 1 heterocycles. The van der Waals surface area contributed by atoms with Gasteiger partial charge in [0.15, 0.2) is 5.43 Å². The molecule has 0 amide bonds. The summed E-state index contributed by atoms with van der Waals surface area (Å²) >= 11 is 0. The van der Waals surface area contributed by atoms with Crippen molar-refractivity contribution in [3.05, 3.63) is 59.0 Å². The number of unbranched alkanes of at least 4 members (excludes halogenated alkanes) is 14. The molecule has 5 heteroatoms. The number of aromatic hydroxyl groups is 1. The Morgan fingerprint density at radius 1 is 0.763 bits per heavy atom. The number of rotatable bonds is 18. The van der Waals surface area contributed by atoms with Crippen LogP contribution in [0.25, 0.3) is 22.1 Å². The normalized spacial score (nSPS) is 11.2. The third-order valence-corrected chi connectivity index (χ3v) is 7.14. The van der Waals surface area contributed by atoms with E-state index in [2.05, 4.69) is 6.92 Å². The molecular weight excluding hydrogens is 476 g/mol. The average Bonchev–Trinajstić information content (AvgIpc) is 2.91. The molecule has 3 aromatic rings. The van der Waals surface area contributed by atoms with Crippen molar-refractivity contribution in [3.8, 4) is 22.6 Å². The van der Waals surface area contributed by atoms with Crippen LogP contribution in [0.1, 0.15) is 110 Å². The third-order valence-electron chi connectivity index (χ3n) is 7.14. The molecule has 2 aromatic carbocycles. The minimum Gasteiger partial charge on any atom is -0.508 e. The van der Waals surface area contributed by atoms with Crippen LogP contribution >= 0.6 is 0 Å². The Hall–Kier alpha value is -3.08. The molecule has 0 fully saturated rings. The van der Waals surface area contributed by atoms with Crippen LogP contribution in [0, 0.1) is 0 Å². The quantitative estimate of drug-likeness (QED) is 0.103. The van der Waals surface area contributed by atoms with Crippen molar-refractivity contribution in [2.45, 2.75) is 110 Å². The van der Waals surface area contributed by atoms with Gasteiger partial charge in [-0.2, -0.15) is 0 Å². The van der Waals surface area contributed by atoms with E-state index < -0.39 is 0 Å². The lowest BCUT2D eigenvalue weighted by molar-refractivity contribution is -0.134. The largest absolute Gasteiger partial charge is 0.508 e. The van der Waals surface area contributed by atoms with Gasteiger partial charge in [0.2, 0.25) is 0 Å². The van der Waals surface area contributed by atoms with E-state index >= 15 is 0 Å². The van der Waals surface area contributed by atoms with Gasteiger partial charge in [-0.1, -0.05) is 109 Å². The predicted octanol–water partition coefficient (Wildman–Crippen LogP) is 9.33. The molecule has 206 valence electrons. The minimum absolute atomic E-state index is 0.0453. The van der Waals surface area contributed by atoms with E-state index in [0.717, 1.165) is 12.8 Å². The van der Waals surface area contributed by atoms with Gasteiger partial charge >= 0.3 is 5.97 Å². The van der Waals surface area contributed by atoms with Crippen molar-refractivity contribution in [1.82, 2.24) is 0 Å². The summed E-state index contributed by atoms with van der Waals surface area (Å²) < 4.78 is 11.0. The SMILES string of the molecule is CCCCCCCCCCCCCCCCCC(=O)Oc1ccc(-c2coc3cc(O)ccc3c2=O)cc1. The summed E-state index contributed by atoms with van der Waals surface area (Å²) in [5.41, 5.74) is 1.25. The number of hydrogen-bond acceptors (Lipinski definition) is 5. The second kappa shape index (κ2) is 16.7. The number of esters is 1. The molecule has 5 nitrogen and oxygen atoms in total. The van der Waals surface area contributed by atoms with Gasteiger partial charge < -0.3 is 14.3 Å². The van der Waals surface area contributed by atoms with Gasteiger partial charge in [-0.05, 0) is 36.2 Å². The maximum atomic E-state index is 12.8. The molecular formula is C33H44O5. The van der Waals surface area contributed by atoms with E-state index in [0.29, 0.717) is 34.3 Å². The van der Waals surface area contributed by atoms with Crippen molar-refractivity contribution >= 4 is 16.9 Å². The molecule has 0 unspecified atom stereocenters. The molecule has 0 saturated carbocycles. The molecule has 0 bridgehead atoms. The van der Waals surface area contributed by atoms with E-state index in [1.807, 2.05) is 0 Å². The van der Waals surface area contributed by atoms with Crippen LogP contribution in [0.2, 0.25) is 0 Å². The molecule has 1 N–H and O–H groups in total. The molecule has 0 spiro atoms. The Bertz CT molecular complexity index is 1160. The number of phenols is 1. The lowest BCUT2D eigenvalue weighted by Gasteiger charge is -2.07. The number of fused-ring (bicyclic) bond motifs is 1. The zero-order valence-electron chi connectivity index (χ0n) is 23.0. The Labute approximate surface area is 227 Å². The number of carbonyl (C=O) groups excluding carboxylic acids is 1. The molecule has 0 saturated heterocycles. The third kappa shape index (κ3) is 10.00. The Morgan fingerprint density at radius 2 is 1.32 bits per heavy atom. The van der Waals surface area contributed by atoms with Crippen LogP contribution in [0.3, 0.4) is 0 Å². The molecule has 0 atom stereocenters. The Morgan fingerprint density at radius 3 is 1.89 bits per heavy atom. The van der Waals surface area contributed by atoms with Gasteiger partial charge in [0.1, 0.15) is 23.3 Å². The zero-order valence-corrected chi connectivity index (χ0v) is 23.0. The van der Waals surface area contributed by atoms with Gasteiger partial charge in [0.25, 0.3) is 0 Å². The van der Waals surface area contributed by atoms with Crippen molar-refractivity contribution in [2.24, 2.45) is 0 Å². The highest BCUT2D eigenvalue weighted by Crippen LogP contribution is 2.24. The van der Waals surface area contributed by atoms with Crippen molar-refractivity contribution in [3.63, 3.8) is 0 Å². The first-order valence-corrected chi connectivity index (χ1v) is 14.6. The van der Waals surface area contributed by atoms with Crippen LogP contribution in [0.15, 0.2) is 57.9 Å². The Kier molecular flexibility index (Phi) is 13.0. The molecule has 0 aliphatic carbocycles. The van der Waals surface area contributed by atoms with Crippen LogP contribution in [-0.4, -0.2) is 11.1 Å². The average molecular weight is 521 g/mol. The molecule has 0 aliphatic heterocycles. The summed E-state index contributed by atoms with van der Waals surface area (Å²) in [7, 11) is 0. The number of phenolic OH excluding ortho intramolecular Hbond substituents is 1. The van der Waals surface area contributed by atoms with E-state index in [-0.39, 0.29) is 17.1 Å². The van der Waals surface area contributed by atoms with Crippen molar-refractivity contribution < 1.29 is 19.1 Å². The summed E-state index contributed by atoms with van der Waals surface area (Å²) in [6.45, 7) is 2.27. The number of carbonyl (C=O) groups is 1. The van der Waals surface area contributed by atoms with Crippen LogP contribution in [0.4, 0.5) is 0 Å². The lowest BCUT2D eigenvalue weighted by Crippen LogP contribution is -2.08. The standard InChI is InChI=1S/C33H44O5/c1-2-3-4-5-6-7-8-9-10-11-12-13-14-15-16-17-32(35)38-28-21-18-26(19-22-28)30-25-37-31-24-27(34)20-23-29(31)33(30)36/h18-25,34H,2-17H2,1H3. The summed E-state index contributed by atoms with van der Waals surface area (Å²) in [4.78, 5) is 25.0. The number of hydrogen-bond donors (Lipinski definition) is 1. The van der Waals surface area contributed by atoms with E-state index in [4.69, 9.17) is 9.15 Å². The van der Waals surface area contributed by atoms with Gasteiger partial charge in [0, 0.05) is 12.5 Å².